The van der Waals surface area contributed by atoms with E-state index in [4.69, 9.17) is 4.74 Å². The molecule has 0 fully saturated rings. The van der Waals surface area contributed by atoms with E-state index in [1.54, 1.807) is 19.2 Å². The lowest BCUT2D eigenvalue weighted by atomic mass is 10.3. The van der Waals surface area contributed by atoms with E-state index in [1.807, 2.05) is 18.2 Å². The Balaban J connectivity index is 1.76. The van der Waals surface area contributed by atoms with E-state index in [2.05, 4.69) is 4.72 Å². The van der Waals surface area contributed by atoms with Gasteiger partial charge in [0.1, 0.15) is 12.4 Å². The fourth-order valence-corrected chi connectivity index (χ4v) is 3.20. The topological polar surface area (TPSA) is 75.7 Å². The molecule has 2 aromatic rings. The highest BCUT2D eigenvalue weighted by Crippen LogP contribution is 2.13. The average molecular weight is 398 g/mol. The molecule has 1 amide bonds. The fraction of sp³-hybridized carbons (Fsp3) is 0.278. The van der Waals surface area contributed by atoms with Gasteiger partial charge in [-0.2, -0.15) is 0 Å². The lowest BCUT2D eigenvalue weighted by molar-refractivity contribution is -0.130. The van der Waals surface area contributed by atoms with Crippen molar-refractivity contribution in [2.45, 2.75) is 11.3 Å². The van der Waals surface area contributed by atoms with Gasteiger partial charge in [0.05, 0.1) is 11.4 Å². The van der Waals surface area contributed by atoms with Crippen molar-refractivity contribution in [2.24, 2.45) is 0 Å². The van der Waals surface area contributed by atoms with Crippen LogP contribution in [0.5, 0.6) is 5.75 Å². The van der Waals surface area contributed by atoms with Gasteiger partial charge in [-0.3, -0.25) is 4.79 Å². The largest absolute Gasteiger partial charge is 0.492 e. The molecule has 0 spiro atoms. The van der Waals surface area contributed by atoms with E-state index < -0.39 is 26.6 Å². The summed E-state index contributed by atoms with van der Waals surface area (Å²) < 4.78 is 57.8. The highest BCUT2D eigenvalue weighted by molar-refractivity contribution is 7.89. The Morgan fingerprint density at radius 1 is 1.11 bits per heavy atom. The third-order valence-corrected chi connectivity index (χ3v) is 5.16. The van der Waals surface area contributed by atoms with Gasteiger partial charge in [0.2, 0.25) is 15.9 Å². The quantitative estimate of drug-likeness (QED) is 0.703. The van der Waals surface area contributed by atoms with Crippen LogP contribution in [0, 0.1) is 11.6 Å². The summed E-state index contributed by atoms with van der Waals surface area (Å²) in [5.41, 5.74) is 0. The number of carbonyl (C=O) groups is 1. The van der Waals surface area contributed by atoms with Crippen LogP contribution in [-0.2, 0) is 14.8 Å². The van der Waals surface area contributed by atoms with Crippen LogP contribution in [0.3, 0.4) is 0 Å². The van der Waals surface area contributed by atoms with Crippen molar-refractivity contribution in [3.05, 3.63) is 60.2 Å². The summed E-state index contributed by atoms with van der Waals surface area (Å²) in [6.45, 7) is 0.473. The van der Waals surface area contributed by atoms with Crippen molar-refractivity contribution in [2.75, 3.05) is 26.7 Å². The number of sulfonamides is 1. The maximum atomic E-state index is 13.2. The first-order chi connectivity index (χ1) is 12.8. The summed E-state index contributed by atoms with van der Waals surface area (Å²) in [4.78, 5) is 13.1. The molecule has 0 heterocycles. The molecule has 6 nitrogen and oxygen atoms in total. The van der Waals surface area contributed by atoms with Crippen molar-refractivity contribution < 1.29 is 26.7 Å². The van der Waals surface area contributed by atoms with E-state index in [1.165, 1.54) is 4.90 Å². The number of hydrogen-bond donors (Lipinski definition) is 1. The summed E-state index contributed by atoms with van der Waals surface area (Å²) in [7, 11) is -2.44. The van der Waals surface area contributed by atoms with Crippen molar-refractivity contribution in [3.63, 3.8) is 0 Å². The number of benzene rings is 2. The summed E-state index contributed by atoms with van der Waals surface area (Å²) in [6.07, 6.45) is -0.0786. The Kier molecular flexibility index (Phi) is 7.26. The summed E-state index contributed by atoms with van der Waals surface area (Å²) in [6, 6.07) is 11.4. The second kappa shape index (κ2) is 9.43. The van der Waals surface area contributed by atoms with Gasteiger partial charge in [-0.1, -0.05) is 18.2 Å². The molecule has 27 heavy (non-hydrogen) atoms. The Bertz CT molecular complexity index is 876. The minimum absolute atomic E-state index is 0.0786. The molecule has 0 saturated heterocycles. The van der Waals surface area contributed by atoms with Crippen molar-refractivity contribution in [1.29, 1.82) is 0 Å². The smallest absolute Gasteiger partial charge is 0.240 e. The molecule has 0 unspecified atom stereocenters. The summed E-state index contributed by atoms with van der Waals surface area (Å²) in [5, 5.41) is 0. The fourth-order valence-electron chi connectivity index (χ4n) is 2.15. The van der Waals surface area contributed by atoms with Gasteiger partial charge < -0.3 is 9.64 Å². The minimum atomic E-state index is -4.03. The third kappa shape index (κ3) is 6.30. The van der Waals surface area contributed by atoms with E-state index in [9.17, 15) is 22.0 Å². The first-order valence-corrected chi connectivity index (χ1v) is 9.64. The third-order valence-electron chi connectivity index (χ3n) is 3.70. The lowest BCUT2D eigenvalue weighted by Gasteiger charge is -2.17. The Morgan fingerprint density at radius 2 is 1.81 bits per heavy atom. The Hall–Kier alpha value is -2.52. The predicted octanol–water partition coefficient (Wildman–Crippen LogP) is 2.17. The molecule has 0 aliphatic rings. The monoisotopic (exact) mass is 398 g/mol. The molecule has 0 aliphatic heterocycles. The van der Waals surface area contributed by atoms with Crippen LogP contribution in [0.2, 0.25) is 0 Å². The SMILES string of the molecule is CN(CCOc1ccccc1)C(=O)CCNS(=O)(=O)c1ccc(F)c(F)c1. The molecule has 0 aromatic heterocycles. The minimum Gasteiger partial charge on any atom is -0.492 e. The molecular formula is C18H20F2N2O4S. The maximum Gasteiger partial charge on any atom is 0.240 e. The predicted molar refractivity (Wildman–Crippen MR) is 95.7 cm³/mol. The van der Waals surface area contributed by atoms with Gasteiger partial charge in [-0.15, -0.1) is 0 Å². The van der Waals surface area contributed by atoms with Gasteiger partial charge >= 0.3 is 0 Å². The Morgan fingerprint density at radius 3 is 2.48 bits per heavy atom. The molecule has 2 aromatic carbocycles. The van der Waals surface area contributed by atoms with Crippen LogP contribution in [-0.4, -0.2) is 46.0 Å². The van der Waals surface area contributed by atoms with Crippen molar-refractivity contribution >= 4 is 15.9 Å². The lowest BCUT2D eigenvalue weighted by Crippen LogP contribution is -2.34. The van der Waals surface area contributed by atoms with Crippen molar-refractivity contribution in [1.82, 2.24) is 9.62 Å². The van der Waals surface area contributed by atoms with Gasteiger partial charge in [0.25, 0.3) is 0 Å². The normalized spacial score (nSPS) is 11.2. The van der Waals surface area contributed by atoms with Crippen LogP contribution in [0.1, 0.15) is 6.42 Å². The Labute approximate surface area is 156 Å². The van der Waals surface area contributed by atoms with Crippen LogP contribution >= 0.6 is 0 Å². The van der Waals surface area contributed by atoms with Crippen LogP contribution < -0.4 is 9.46 Å². The van der Waals surface area contributed by atoms with E-state index in [-0.39, 0.29) is 18.9 Å². The number of amides is 1. The molecule has 1 N–H and O–H groups in total. The maximum absolute atomic E-state index is 13.2. The number of halogens is 2. The highest BCUT2D eigenvalue weighted by Gasteiger charge is 2.17. The summed E-state index contributed by atoms with van der Waals surface area (Å²) in [5.74, 6) is -1.98. The van der Waals surface area contributed by atoms with Crippen LogP contribution in [0.15, 0.2) is 53.4 Å². The zero-order valence-corrected chi connectivity index (χ0v) is 15.5. The van der Waals surface area contributed by atoms with E-state index in [0.29, 0.717) is 25.0 Å². The molecule has 0 bridgehead atoms. The second-order valence-electron chi connectivity index (χ2n) is 5.70. The van der Waals surface area contributed by atoms with Crippen LogP contribution in [0.25, 0.3) is 0 Å². The second-order valence-corrected chi connectivity index (χ2v) is 7.47. The van der Waals surface area contributed by atoms with Gasteiger partial charge in [0.15, 0.2) is 11.6 Å². The molecule has 0 aliphatic carbocycles. The first-order valence-electron chi connectivity index (χ1n) is 8.16. The number of likely N-dealkylation sites (N-methyl/N-ethyl adjacent to an activating group) is 1. The number of carbonyl (C=O) groups excluding carboxylic acids is 1. The van der Waals surface area contributed by atoms with Gasteiger partial charge in [0, 0.05) is 20.0 Å². The number of nitrogens with zero attached hydrogens (tertiary/aromatic N) is 1. The average Bonchev–Trinajstić information content (AvgIpc) is 2.64. The molecule has 0 atom stereocenters. The number of nitrogens with one attached hydrogen (secondary N) is 1. The van der Waals surface area contributed by atoms with E-state index in [0.717, 1.165) is 12.1 Å². The molecule has 9 heteroatoms. The summed E-state index contributed by atoms with van der Waals surface area (Å²) >= 11 is 0. The molecule has 2 rings (SSSR count). The van der Waals surface area contributed by atoms with E-state index >= 15 is 0 Å². The van der Waals surface area contributed by atoms with Crippen molar-refractivity contribution in [3.8, 4) is 5.75 Å². The van der Waals surface area contributed by atoms with Gasteiger partial charge in [-0.25, -0.2) is 21.9 Å². The molecular weight excluding hydrogens is 378 g/mol. The number of para-hydroxylation sites is 1. The number of ether oxygens (including phenoxy) is 1. The van der Waals surface area contributed by atoms with Gasteiger partial charge in [-0.05, 0) is 30.3 Å². The first kappa shape index (κ1) is 20.8. The highest BCUT2D eigenvalue weighted by atomic mass is 32.2. The molecule has 0 radical (unpaired) electrons. The molecule has 0 saturated carbocycles. The van der Waals surface area contributed by atoms with Crippen LogP contribution in [0.4, 0.5) is 8.78 Å². The zero-order chi connectivity index (χ0) is 19.9. The number of rotatable bonds is 9. The molecule has 146 valence electrons. The number of hydrogen-bond acceptors (Lipinski definition) is 4. The standard InChI is InChI=1S/C18H20F2N2O4S/c1-22(11-12-26-14-5-3-2-4-6-14)18(23)9-10-21-27(24,25)15-7-8-16(19)17(20)13-15/h2-8,13,21H,9-12H2,1H3. The zero-order valence-electron chi connectivity index (χ0n) is 14.7.